The first-order valence-electron chi connectivity index (χ1n) is 3.12. The van der Waals surface area contributed by atoms with E-state index in [2.05, 4.69) is 5.43 Å². The molecular weight excluding hydrogens is 206 g/mol. The zero-order chi connectivity index (χ0) is 10.0. The number of nitrogens with one attached hydrogen (secondary N) is 1. The quantitative estimate of drug-likeness (QED) is 0.177. The van der Waals surface area contributed by atoms with E-state index in [4.69, 9.17) is 32.3 Å². The zero-order valence-corrected chi connectivity index (χ0v) is 8.13. The molecule has 0 heterocycles. The summed E-state index contributed by atoms with van der Waals surface area (Å²) in [6.07, 6.45) is -0.228. The molecule has 0 aliphatic heterocycles. The molecule has 6 N–H and O–H groups in total. The number of alkyl halides is 1. The molecule has 0 radical (unpaired) electrons. The molecule has 0 aliphatic carbocycles. The molecule has 0 bridgehead atoms. The Kier molecular flexibility index (Phi) is 11.6. The van der Waals surface area contributed by atoms with Crippen molar-refractivity contribution < 1.29 is 19.5 Å². The van der Waals surface area contributed by atoms with Gasteiger partial charge in [0.15, 0.2) is 0 Å². The summed E-state index contributed by atoms with van der Waals surface area (Å²) < 4.78 is 9.84. The Labute approximate surface area is 75.8 Å². The van der Waals surface area contributed by atoms with Crippen LogP contribution in [0.4, 0.5) is 0 Å². The van der Waals surface area contributed by atoms with Crippen LogP contribution in [-0.4, -0.2) is 40.1 Å². The highest BCUT2D eigenvalue weighted by molar-refractivity contribution is 7.51. The van der Waals surface area contributed by atoms with Crippen molar-refractivity contribution in [2.45, 2.75) is 0 Å². The fourth-order valence-electron chi connectivity index (χ4n) is 0.175. The Morgan fingerprint density at radius 3 is 2.00 bits per heavy atom. The van der Waals surface area contributed by atoms with Crippen molar-refractivity contribution in [1.82, 2.24) is 5.43 Å². The van der Waals surface area contributed by atoms with Crippen LogP contribution in [0.25, 0.3) is 0 Å². The molecular formula is C4H14ClN2O4P. The van der Waals surface area contributed by atoms with Gasteiger partial charge in [-0.25, -0.2) is 0 Å². The van der Waals surface area contributed by atoms with Crippen LogP contribution in [0.1, 0.15) is 0 Å². The van der Waals surface area contributed by atoms with Crippen molar-refractivity contribution in [3.05, 3.63) is 0 Å². The summed E-state index contributed by atoms with van der Waals surface area (Å²) in [5.74, 6) is 4.75. The van der Waals surface area contributed by atoms with Gasteiger partial charge in [0, 0.05) is 12.4 Å². The number of nitrogens with two attached hydrogens (primary N) is 1. The van der Waals surface area contributed by atoms with Gasteiger partial charge >= 0.3 is 7.60 Å². The minimum atomic E-state index is -3.80. The minimum Gasteiger partial charge on any atom is -0.395 e. The third kappa shape index (κ3) is 22.4. The lowest BCUT2D eigenvalue weighted by Crippen LogP contribution is -2.24. The molecule has 0 aliphatic rings. The largest absolute Gasteiger partial charge is 0.395 e. The maximum atomic E-state index is 9.84. The van der Waals surface area contributed by atoms with Gasteiger partial charge in [0.25, 0.3) is 0 Å². The van der Waals surface area contributed by atoms with Gasteiger partial charge in [-0.1, -0.05) is 0 Å². The lowest BCUT2D eigenvalue weighted by Gasteiger charge is -1.95. The van der Waals surface area contributed by atoms with Crippen molar-refractivity contribution in [1.29, 1.82) is 0 Å². The highest BCUT2D eigenvalue weighted by atomic mass is 35.5. The molecule has 0 rings (SSSR count). The molecule has 0 amide bonds. The monoisotopic (exact) mass is 220 g/mol. The van der Waals surface area contributed by atoms with Gasteiger partial charge in [0.2, 0.25) is 0 Å². The molecule has 12 heavy (non-hydrogen) atoms. The van der Waals surface area contributed by atoms with Crippen LogP contribution in [0, 0.1) is 0 Å². The van der Waals surface area contributed by atoms with Crippen LogP contribution in [-0.2, 0) is 4.57 Å². The molecule has 6 nitrogen and oxygen atoms in total. The Morgan fingerprint density at radius 1 is 1.50 bits per heavy atom. The number of aliphatic hydroxyl groups is 1. The average Bonchev–Trinajstić information content (AvgIpc) is 1.87. The van der Waals surface area contributed by atoms with Crippen molar-refractivity contribution >= 4 is 19.2 Å². The second-order valence-corrected chi connectivity index (χ2v) is 3.91. The Balaban J connectivity index is 0. The number of hydrazine groups is 1. The number of aliphatic hydroxyl groups excluding tert-OH is 1. The molecule has 0 saturated carbocycles. The molecule has 8 heteroatoms. The van der Waals surface area contributed by atoms with Gasteiger partial charge < -0.3 is 14.9 Å². The Bertz CT molecular complexity index is 128. The van der Waals surface area contributed by atoms with E-state index in [0.717, 1.165) is 0 Å². The normalized spacial score (nSPS) is 10.4. The summed E-state index contributed by atoms with van der Waals surface area (Å²) in [5.41, 5.74) is 2.27. The lowest BCUT2D eigenvalue weighted by atomic mass is 10.7. The average molecular weight is 221 g/mol. The second kappa shape index (κ2) is 9.41. The van der Waals surface area contributed by atoms with E-state index in [0.29, 0.717) is 6.54 Å². The number of halogens is 1. The van der Waals surface area contributed by atoms with Crippen molar-refractivity contribution in [3.8, 4) is 0 Å². The van der Waals surface area contributed by atoms with Crippen LogP contribution in [0.3, 0.4) is 0 Å². The third-order valence-corrected chi connectivity index (χ3v) is 1.89. The summed E-state index contributed by atoms with van der Waals surface area (Å²) >= 11 is 4.99. The summed E-state index contributed by atoms with van der Waals surface area (Å²) in [5, 5.41) is 7.92. The molecule has 0 aromatic carbocycles. The highest BCUT2D eigenvalue weighted by Gasteiger charge is 2.09. The first kappa shape index (κ1) is 14.8. The van der Waals surface area contributed by atoms with E-state index >= 15 is 0 Å². The van der Waals surface area contributed by atoms with Crippen molar-refractivity contribution in [2.75, 3.05) is 25.2 Å². The van der Waals surface area contributed by atoms with E-state index in [9.17, 15) is 4.57 Å². The molecule has 76 valence electrons. The van der Waals surface area contributed by atoms with E-state index in [1.807, 2.05) is 0 Å². The van der Waals surface area contributed by atoms with Crippen LogP contribution in [0.2, 0.25) is 0 Å². The zero-order valence-electron chi connectivity index (χ0n) is 6.48. The highest BCUT2D eigenvalue weighted by Crippen LogP contribution is 2.33. The molecule has 0 aromatic rings. The van der Waals surface area contributed by atoms with E-state index < -0.39 is 7.60 Å². The predicted octanol–water partition coefficient (Wildman–Crippen LogP) is -1.16. The molecule has 0 fully saturated rings. The first-order chi connectivity index (χ1) is 5.47. The van der Waals surface area contributed by atoms with E-state index in [-0.39, 0.29) is 18.6 Å². The van der Waals surface area contributed by atoms with Crippen molar-refractivity contribution in [2.24, 2.45) is 5.84 Å². The lowest BCUT2D eigenvalue weighted by molar-refractivity contribution is 0.293. The fraction of sp³-hybridized carbons (Fsp3) is 1.00. The van der Waals surface area contributed by atoms with Gasteiger partial charge in [0.1, 0.15) is 0 Å². The number of hydrogen-bond donors (Lipinski definition) is 5. The molecule has 0 spiro atoms. The van der Waals surface area contributed by atoms with Gasteiger partial charge in [-0.15, -0.1) is 11.6 Å². The fourth-order valence-corrected chi connectivity index (χ4v) is 1.06. The van der Waals surface area contributed by atoms with Gasteiger partial charge in [0.05, 0.1) is 12.8 Å². The van der Waals surface area contributed by atoms with Gasteiger partial charge in [-0.2, -0.15) is 0 Å². The Hall–Kier alpha value is 0.320. The molecule has 0 saturated heterocycles. The predicted molar refractivity (Wildman–Crippen MR) is 46.9 cm³/mol. The molecule has 0 unspecified atom stereocenters. The molecule has 0 atom stereocenters. The first-order valence-corrected chi connectivity index (χ1v) is 5.46. The van der Waals surface area contributed by atoms with E-state index in [1.165, 1.54) is 0 Å². The second-order valence-electron chi connectivity index (χ2n) is 1.76. The summed E-state index contributed by atoms with van der Waals surface area (Å²) in [7, 11) is -3.80. The molecule has 0 aromatic heterocycles. The summed E-state index contributed by atoms with van der Waals surface area (Å²) in [6.45, 7) is 0.580. The SMILES string of the molecule is NNCCO.O=P(O)(O)CCCl. The third-order valence-electron chi connectivity index (χ3n) is 0.632. The number of hydrogen-bond acceptors (Lipinski definition) is 4. The number of rotatable bonds is 4. The maximum Gasteiger partial charge on any atom is 0.326 e. The summed E-state index contributed by atoms with van der Waals surface area (Å²) in [4.78, 5) is 16.1. The van der Waals surface area contributed by atoms with Gasteiger partial charge in [-0.3, -0.25) is 15.8 Å². The van der Waals surface area contributed by atoms with Gasteiger partial charge in [-0.05, 0) is 0 Å². The summed E-state index contributed by atoms with van der Waals surface area (Å²) in [6, 6.07) is 0. The van der Waals surface area contributed by atoms with Crippen LogP contribution in [0.15, 0.2) is 0 Å². The topological polar surface area (TPSA) is 116 Å². The standard InChI is InChI=1S/C2H6ClO3P.C2H8N2O/c3-1-2-7(4,5)6;3-4-1-2-5/h1-2H2,(H2,4,5,6);4-5H,1-3H2. The van der Waals surface area contributed by atoms with Crippen LogP contribution >= 0.6 is 19.2 Å². The van der Waals surface area contributed by atoms with Crippen LogP contribution < -0.4 is 11.3 Å². The smallest absolute Gasteiger partial charge is 0.326 e. The van der Waals surface area contributed by atoms with Crippen LogP contribution in [0.5, 0.6) is 0 Å². The Morgan fingerprint density at radius 2 is 2.00 bits per heavy atom. The van der Waals surface area contributed by atoms with E-state index in [1.54, 1.807) is 0 Å². The minimum absolute atomic E-state index is 0.0181. The van der Waals surface area contributed by atoms with Crippen molar-refractivity contribution in [3.63, 3.8) is 0 Å². The maximum absolute atomic E-state index is 9.84.